The average molecular weight is 458 g/mol. The predicted molar refractivity (Wildman–Crippen MR) is 125 cm³/mol. The van der Waals surface area contributed by atoms with Crippen molar-refractivity contribution in [3.63, 3.8) is 0 Å². The van der Waals surface area contributed by atoms with Gasteiger partial charge in [-0.3, -0.25) is 9.59 Å². The Hall–Kier alpha value is -2.71. The molecule has 1 heterocycles. The SMILES string of the molecule is CN(C(=O)C1CCN(S(=O)(=O)c2ccc(C(C)(C)C)cc2)CC1)c1ccc(C(N)=O)cc1. The molecule has 3 rings (SSSR count). The second kappa shape index (κ2) is 9.03. The Balaban J connectivity index is 1.64. The molecule has 2 N–H and O–H groups in total. The first kappa shape index (κ1) is 23.9. The van der Waals surface area contributed by atoms with Crippen LogP contribution in [0.25, 0.3) is 0 Å². The fraction of sp³-hybridized carbons (Fsp3) is 0.417. The van der Waals surface area contributed by atoms with Crippen LogP contribution in [-0.2, 0) is 20.2 Å². The Bertz CT molecular complexity index is 1080. The highest BCUT2D eigenvalue weighted by Gasteiger charge is 2.33. The van der Waals surface area contributed by atoms with Crippen molar-refractivity contribution in [3.8, 4) is 0 Å². The highest BCUT2D eigenvalue weighted by atomic mass is 32.2. The Kier molecular flexibility index (Phi) is 6.76. The number of carbonyl (C=O) groups excluding carboxylic acids is 2. The van der Waals surface area contributed by atoms with E-state index in [0.717, 1.165) is 5.56 Å². The lowest BCUT2D eigenvalue weighted by molar-refractivity contribution is -0.123. The first-order valence-corrected chi connectivity index (χ1v) is 12.1. The lowest BCUT2D eigenvalue weighted by atomic mass is 9.87. The minimum absolute atomic E-state index is 0.0484. The van der Waals surface area contributed by atoms with Crippen molar-refractivity contribution in [2.24, 2.45) is 11.7 Å². The Labute approximate surface area is 190 Å². The molecule has 0 aromatic heterocycles. The van der Waals surface area contributed by atoms with Crippen LogP contribution in [-0.4, -0.2) is 44.7 Å². The van der Waals surface area contributed by atoms with Gasteiger partial charge in [0.2, 0.25) is 21.8 Å². The van der Waals surface area contributed by atoms with Crippen molar-refractivity contribution in [1.29, 1.82) is 0 Å². The summed E-state index contributed by atoms with van der Waals surface area (Å²) in [5.74, 6) is -0.846. The van der Waals surface area contributed by atoms with Gasteiger partial charge in [-0.15, -0.1) is 0 Å². The number of carbonyl (C=O) groups is 2. The Morgan fingerprint density at radius 1 is 0.969 bits per heavy atom. The van der Waals surface area contributed by atoms with Crippen LogP contribution in [0.3, 0.4) is 0 Å². The summed E-state index contributed by atoms with van der Waals surface area (Å²) in [5, 5.41) is 0. The third-order valence-corrected chi connectivity index (χ3v) is 7.94. The summed E-state index contributed by atoms with van der Waals surface area (Å²) in [7, 11) is -1.91. The average Bonchev–Trinajstić information content (AvgIpc) is 2.77. The predicted octanol–water partition coefficient (Wildman–Crippen LogP) is 3.15. The Morgan fingerprint density at radius 2 is 1.50 bits per heavy atom. The zero-order valence-corrected chi connectivity index (χ0v) is 19.9. The molecule has 1 saturated heterocycles. The van der Waals surface area contributed by atoms with Crippen LogP contribution >= 0.6 is 0 Å². The molecule has 2 amide bonds. The van der Waals surface area contributed by atoms with Crippen LogP contribution in [0.5, 0.6) is 0 Å². The third kappa shape index (κ3) is 5.02. The topological polar surface area (TPSA) is 101 Å². The van der Waals surface area contributed by atoms with Gasteiger partial charge in [-0.25, -0.2) is 8.42 Å². The van der Waals surface area contributed by atoms with Crippen LogP contribution in [0.2, 0.25) is 0 Å². The van der Waals surface area contributed by atoms with E-state index in [2.05, 4.69) is 20.8 Å². The van der Waals surface area contributed by atoms with E-state index in [1.54, 1.807) is 48.3 Å². The van der Waals surface area contributed by atoms with E-state index < -0.39 is 15.9 Å². The maximum absolute atomic E-state index is 13.1. The zero-order chi connectivity index (χ0) is 23.7. The number of anilines is 1. The molecule has 0 radical (unpaired) electrons. The standard InChI is InChI=1S/C24H31N3O4S/c1-24(2,3)19-7-11-21(12-8-19)32(30,31)27-15-13-18(14-16-27)23(29)26(4)20-9-5-17(6-10-20)22(25)28/h5-12,18H,13-16H2,1-4H3,(H2,25,28). The van der Waals surface area contributed by atoms with Gasteiger partial charge in [0.05, 0.1) is 4.90 Å². The number of nitrogens with zero attached hydrogens (tertiary/aromatic N) is 2. The van der Waals surface area contributed by atoms with Crippen LogP contribution in [0.4, 0.5) is 5.69 Å². The molecular formula is C24H31N3O4S. The van der Waals surface area contributed by atoms with E-state index >= 15 is 0 Å². The highest BCUT2D eigenvalue weighted by molar-refractivity contribution is 7.89. The smallest absolute Gasteiger partial charge is 0.248 e. The molecule has 0 atom stereocenters. The number of primary amides is 1. The molecule has 0 spiro atoms. The first-order chi connectivity index (χ1) is 14.9. The second-order valence-corrected chi connectivity index (χ2v) is 11.2. The van der Waals surface area contributed by atoms with Crippen molar-refractivity contribution in [1.82, 2.24) is 4.31 Å². The number of hydrogen-bond acceptors (Lipinski definition) is 4. The van der Waals surface area contributed by atoms with E-state index in [9.17, 15) is 18.0 Å². The summed E-state index contributed by atoms with van der Waals surface area (Å²) >= 11 is 0. The molecule has 1 aliphatic rings. The van der Waals surface area contributed by atoms with Crippen molar-refractivity contribution < 1.29 is 18.0 Å². The minimum Gasteiger partial charge on any atom is -0.366 e. The monoisotopic (exact) mass is 457 g/mol. The van der Waals surface area contributed by atoms with Gasteiger partial charge in [-0.2, -0.15) is 4.31 Å². The minimum atomic E-state index is -3.59. The van der Waals surface area contributed by atoms with E-state index in [1.807, 2.05) is 12.1 Å². The van der Waals surface area contributed by atoms with Crippen LogP contribution in [0.1, 0.15) is 49.5 Å². The van der Waals surface area contributed by atoms with Crippen molar-refractivity contribution in [3.05, 3.63) is 59.7 Å². The number of sulfonamides is 1. The molecule has 32 heavy (non-hydrogen) atoms. The summed E-state index contributed by atoms with van der Waals surface area (Å²) < 4.78 is 27.6. The fourth-order valence-corrected chi connectivity index (χ4v) is 5.34. The fourth-order valence-electron chi connectivity index (χ4n) is 3.87. The summed E-state index contributed by atoms with van der Waals surface area (Å²) in [6, 6.07) is 13.6. The molecule has 0 bridgehead atoms. The first-order valence-electron chi connectivity index (χ1n) is 10.7. The van der Waals surface area contributed by atoms with E-state index in [0.29, 0.717) is 37.2 Å². The zero-order valence-electron chi connectivity index (χ0n) is 19.0. The largest absolute Gasteiger partial charge is 0.366 e. The normalized spacial score (nSPS) is 16.0. The summed E-state index contributed by atoms with van der Waals surface area (Å²) in [4.78, 5) is 26.0. The Morgan fingerprint density at radius 3 is 1.97 bits per heavy atom. The van der Waals surface area contributed by atoms with Crippen LogP contribution < -0.4 is 10.6 Å². The van der Waals surface area contributed by atoms with Crippen molar-refractivity contribution in [2.45, 2.75) is 43.9 Å². The van der Waals surface area contributed by atoms with Crippen LogP contribution in [0, 0.1) is 5.92 Å². The summed E-state index contributed by atoms with van der Waals surface area (Å²) in [5.41, 5.74) is 7.33. The number of benzene rings is 2. The molecule has 0 unspecified atom stereocenters. The summed E-state index contributed by atoms with van der Waals surface area (Å²) in [6.07, 6.45) is 0.920. The van der Waals surface area contributed by atoms with E-state index in [-0.39, 0.29) is 22.1 Å². The molecule has 0 aliphatic carbocycles. The van der Waals surface area contributed by atoms with E-state index in [1.165, 1.54) is 4.31 Å². The van der Waals surface area contributed by atoms with Gasteiger partial charge >= 0.3 is 0 Å². The lowest BCUT2D eigenvalue weighted by Crippen LogP contribution is -2.43. The third-order valence-electron chi connectivity index (χ3n) is 6.03. The van der Waals surface area contributed by atoms with Crippen molar-refractivity contribution >= 4 is 27.5 Å². The molecule has 2 aromatic carbocycles. The highest BCUT2D eigenvalue weighted by Crippen LogP contribution is 2.28. The van der Waals surface area contributed by atoms with Gasteiger partial charge in [0.15, 0.2) is 0 Å². The molecular weight excluding hydrogens is 426 g/mol. The number of rotatable bonds is 5. The molecule has 172 valence electrons. The van der Waals surface area contributed by atoms with Gasteiger partial charge < -0.3 is 10.6 Å². The maximum Gasteiger partial charge on any atom is 0.248 e. The van der Waals surface area contributed by atoms with Crippen molar-refractivity contribution in [2.75, 3.05) is 25.0 Å². The number of amides is 2. The van der Waals surface area contributed by atoms with Gasteiger partial charge in [0, 0.05) is 37.3 Å². The van der Waals surface area contributed by atoms with E-state index in [4.69, 9.17) is 5.73 Å². The summed E-state index contributed by atoms with van der Waals surface area (Å²) in [6.45, 7) is 6.85. The number of piperidine rings is 1. The lowest BCUT2D eigenvalue weighted by Gasteiger charge is -2.32. The van der Waals surface area contributed by atoms with Crippen LogP contribution in [0.15, 0.2) is 53.4 Å². The number of nitrogens with two attached hydrogens (primary N) is 1. The molecule has 1 aliphatic heterocycles. The van der Waals surface area contributed by atoms with Gasteiger partial charge in [-0.1, -0.05) is 32.9 Å². The molecule has 1 fully saturated rings. The second-order valence-electron chi connectivity index (χ2n) is 9.26. The molecule has 2 aromatic rings. The van der Waals surface area contributed by atoms with Gasteiger partial charge in [0.1, 0.15) is 0 Å². The quantitative estimate of drug-likeness (QED) is 0.745. The molecule has 7 nitrogen and oxygen atoms in total. The van der Waals surface area contributed by atoms with Gasteiger partial charge in [0.25, 0.3) is 0 Å². The number of hydrogen-bond donors (Lipinski definition) is 1. The van der Waals surface area contributed by atoms with Gasteiger partial charge in [-0.05, 0) is 60.2 Å². The maximum atomic E-state index is 13.1. The molecule has 8 heteroatoms. The molecule has 0 saturated carbocycles.